The molecule has 0 spiro atoms. The first-order chi connectivity index (χ1) is 6.43. The van der Waals surface area contributed by atoms with E-state index in [-0.39, 0.29) is 18.2 Å². The van der Waals surface area contributed by atoms with Crippen LogP contribution >= 0.6 is 11.6 Å². The second-order valence-corrected chi connectivity index (χ2v) is 6.55. The third kappa shape index (κ3) is 2.85. The van der Waals surface area contributed by atoms with Gasteiger partial charge in [-0.2, -0.15) is 0 Å². The molecule has 2 unspecified atom stereocenters. The van der Waals surface area contributed by atoms with Gasteiger partial charge >= 0.3 is 0 Å². The molecule has 1 heterocycles. The largest absolute Gasteiger partial charge is 0.354 e. The summed E-state index contributed by atoms with van der Waals surface area (Å²) in [6, 6.07) is 0. The van der Waals surface area contributed by atoms with Crippen LogP contribution in [0.4, 0.5) is 0 Å². The van der Waals surface area contributed by atoms with Gasteiger partial charge in [0.25, 0.3) is 0 Å². The number of nitrogens with one attached hydrogen (secondary N) is 1. The Labute approximate surface area is 88.9 Å². The van der Waals surface area contributed by atoms with Crippen molar-refractivity contribution in [3.63, 3.8) is 0 Å². The highest BCUT2D eigenvalue weighted by Crippen LogP contribution is 2.18. The molecule has 1 N–H and O–H groups in total. The van der Waals surface area contributed by atoms with Crippen molar-refractivity contribution in [3.05, 3.63) is 0 Å². The summed E-state index contributed by atoms with van der Waals surface area (Å²) in [6.45, 7) is 1.75. The van der Waals surface area contributed by atoms with Crippen LogP contribution in [0.3, 0.4) is 0 Å². The van der Waals surface area contributed by atoms with E-state index in [1.54, 1.807) is 6.92 Å². The molecule has 1 aliphatic heterocycles. The van der Waals surface area contributed by atoms with Gasteiger partial charge in [-0.3, -0.25) is 4.79 Å². The summed E-state index contributed by atoms with van der Waals surface area (Å²) in [5.41, 5.74) is 0. The van der Waals surface area contributed by atoms with Gasteiger partial charge < -0.3 is 5.32 Å². The quantitative estimate of drug-likeness (QED) is 0.721. The zero-order valence-corrected chi connectivity index (χ0v) is 9.57. The number of alkyl halides is 1. The van der Waals surface area contributed by atoms with Crippen LogP contribution in [-0.2, 0) is 14.6 Å². The molecule has 6 heteroatoms. The zero-order chi connectivity index (χ0) is 10.8. The highest BCUT2D eigenvalue weighted by atomic mass is 35.5. The zero-order valence-electron chi connectivity index (χ0n) is 7.99. The molecule has 1 amide bonds. The smallest absolute Gasteiger partial charge is 0.237 e. The summed E-state index contributed by atoms with van der Waals surface area (Å²) in [7, 11) is -2.97. The number of amides is 1. The molecule has 0 aromatic rings. The van der Waals surface area contributed by atoms with E-state index in [1.807, 2.05) is 0 Å². The Balaban J connectivity index is 2.43. The van der Waals surface area contributed by atoms with Crippen LogP contribution in [0.1, 0.15) is 19.8 Å². The Bertz CT molecular complexity index is 313. The lowest BCUT2D eigenvalue weighted by Gasteiger charge is -2.11. The maximum Gasteiger partial charge on any atom is 0.237 e. The second-order valence-electron chi connectivity index (χ2n) is 3.49. The molecule has 0 aromatic heterocycles. The van der Waals surface area contributed by atoms with Crippen molar-refractivity contribution < 1.29 is 13.2 Å². The summed E-state index contributed by atoms with van der Waals surface area (Å²) >= 11 is 5.52. The molecule has 4 nitrogen and oxygen atoms in total. The van der Waals surface area contributed by atoms with Gasteiger partial charge in [-0.1, -0.05) is 0 Å². The Morgan fingerprint density at radius 2 is 2.29 bits per heavy atom. The average Bonchev–Trinajstić information content (AvgIpc) is 2.40. The van der Waals surface area contributed by atoms with Crippen LogP contribution in [-0.4, -0.2) is 37.2 Å². The SMILES string of the molecule is CC(Cl)C(=O)NCC1CCCS1(=O)=O. The topological polar surface area (TPSA) is 63.2 Å². The maximum absolute atomic E-state index is 11.4. The van der Waals surface area contributed by atoms with Crippen molar-refractivity contribution in [2.45, 2.75) is 30.4 Å². The third-order valence-corrected chi connectivity index (χ3v) is 4.80. The molecule has 0 saturated carbocycles. The lowest BCUT2D eigenvalue weighted by molar-refractivity contribution is -0.120. The summed E-state index contributed by atoms with van der Waals surface area (Å²) in [6.07, 6.45) is 1.33. The van der Waals surface area contributed by atoms with Crippen LogP contribution in [0.15, 0.2) is 0 Å². The van der Waals surface area contributed by atoms with Gasteiger partial charge in [0.2, 0.25) is 5.91 Å². The highest BCUT2D eigenvalue weighted by molar-refractivity contribution is 7.92. The molecule has 14 heavy (non-hydrogen) atoms. The molecule has 1 rings (SSSR count). The first-order valence-electron chi connectivity index (χ1n) is 4.57. The Morgan fingerprint density at radius 1 is 1.64 bits per heavy atom. The van der Waals surface area contributed by atoms with Gasteiger partial charge in [-0.25, -0.2) is 8.42 Å². The average molecular weight is 240 g/mol. The fourth-order valence-electron chi connectivity index (χ4n) is 1.44. The predicted octanol–water partition coefficient (Wildman–Crippen LogP) is 0.307. The summed E-state index contributed by atoms with van der Waals surface area (Å²) in [5.74, 6) is -0.0713. The van der Waals surface area contributed by atoms with Gasteiger partial charge in [0.1, 0.15) is 5.38 Å². The van der Waals surface area contributed by atoms with E-state index in [2.05, 4.69) is 5.32 Å². The highest BCUT2D eigenvalue weighted by Gasteiger charge is 2.31. The summed E-state index contributed by atoms with van der Waals surface area (Å²) in [4.78, 5) is 11.1. The normalized spacial score (nSPS) is 27.1. The van der Waals surface area contributed by atoms with Gasteiger partial charge in [0, 0.05) is 6.54 Å². The van der Waals surface area contributed by atoms with Gasteiger partial charge in [0.15, 0.2) is 9.84 Å². The van der Waals surface area contributed by atoms with Crippen molar-refractivity contribution >= 4 is 27.3 Å². The van der Waals surface area contributed by atoms with Crippen LogP contribution in [0.2, 0.25) is 0 Å². The van der Waals surface area contributed by atoms with Gasteiger partial charge in [0.05, 0.1) is 11.0 Å². The summed E-state index contributed by atoms with van der Waals surface area (Å²) in [5, 5.41) is 1.50. The van der Waals surface area contributed by atoms with Crippen molar-refractivity contribution in [3.8, 4) is 0 Å². The number of carbonyl (C=O) groups is 1. The molecule has 0 aromatic carbocycles. The first kappa shape index (κ1) is 11.8. The monoisotopic (exact) mass is 239 g/mol. The van der Waals surface area contributed by atoms with E-state index >= 15 is 0 Å². The van der Waals surface area contributed by atoms with Crippen molar-refractivity contribution in [1.82, 2.24) is 5.32 Å². The fourth-order valence-corrected chi connectivity index (χ4v) is 3.29. The molecular formula is C8H14ClNO3S. The second kappa shape index (κ2) is 4.49. The van der Waals surface area contributed by atoms with Crippen molar-refractivity contribution in [2.24, 2.45) is 0 Å². The molecule has 0 bridgehead atoms. The number of halogens is 1. The van der Waals surface area contributed by atoms with E-state index in [4.69, 9.17) is 11.6 Å². The first-order valence-corrected chi connectivity index (χ1v) is 6.72. The lowest BCUT2D eigenvalue weighted by atomic mass is 10.2. The minimum atomic E-state index is -2.97. The van der Waals surface area contributed by atoms with E-state index in [0.717, 1.165) is 0 Å². The number of rotatable bonds is 3. The molecule has 1 fully saturated rings. The fraction of sp³-hybridized carbons (Fsp3) is 0.875. The van der Waals surface area contributed by atoms with E-state index < -0.39 is 20.5 Å². The van der Waals surface area contributed by atoms with Crippen molar-refractivity contribution in [1.29, 1.82) is 0 Å². The van der Waals surface area contributed by atoms with Crippen LogP contribution in [0, 0.1) is 0 Å². The van der Waals surface area contributed by atoms with Gasteiger partial charge in [-0.05, 0) is 19.8 Å². The van der Waals surface area contributed by atoms with Gasteiger partial charge in [-0.15, -0.1) is 11.6 Å². The third-order valence-electron chi connectivity index (χ3n) is 2.33. The lowest BCUT2D eigenvalue weighted by Crippen LogP contribution is -2.37. The Hall–Kier alpha value is -0.290. The Morgan fingerprint density at radius 3 is 2.71 bits per heavy atom. The molecule has 2 atom stereocenters. The standard InChI is InChI=1S/C8H14ClNO3S/c1-6(9)8(11)10-5-7-3-2-4-14(7,12)13/h6-7H,2-5H2,1H3,(H,10,11). The van der Waals surface area contributed by atoms with Crippen molar-refractivity contribution in [2.75, 3.05) is 12.3 Å². The molecule has 82 valence electrons. The van der Waals surface area contributed by atoms with E-state index in [0.29, 0.717) is 12.8 Å². The van der Waals surface area contributed by atoms with Crippen LogP contribution < -0.4 is 5.32 Å². The molecule has 1 aliphatic rings. The van der Waals surface area contributed by atoms with E-state index in [9.17, 15) is 13.2 Å². The number of sulfone groups is 1. The number of carbonyl (C=O) groups excluding carboxylic acids is 1. The number of hydrogen-bond acceptors (Lipinski definition) is 3. The molecule has 1 saturated heterocycles. The van der Waals surface area contributed by atoms with E-state index in [1.165, 1.54) is 0 Å². The maximum atomic E-state index is 11.4. The number of hydrogen-bond donors (Lipinski definition) is 1. The Kier molecular flexibility index (Phi) is 3.78. The predicted molar refractivity (Wildman–Crippen MR) is 55.1 cm³/mol. The minimum Gasteiger partial charge on any atom is -0.354 e. The van der Waals surface area contributed by atoms with Crippen LogP contribution in [0.25, 0.3) is 0 Å². The molecule has 0 radical (unpaired) electrons. The molecule has 0 aliphatic carbocycles. The minimum absolute atomic E-state index is 0.193. The summed E-state index contributed by atoms with van der Waals surface area (Å²) < 4.78 is 22.7. The molecular weight excluding hydrogens is 226 g/mol. The van der Waals surface area contributed by atoms with Crippen LogP contribution in [0.5, 0.6) is 0 Å².